The van der Waals surface area contributed by atoms with Gasteiger partial charge in [0.15, 0.2) is 0 Å². The number of carbonyl (C=O) groups is 1. The first-order valence-corrected chi connectivity index (χ1v) is 31.7. The minimum absolute atomic E-state index is 0.0757. The maximum atomic E-state index is 13.0. The van der Waals surface area contributed by atoms with E-state index >= 15 is 0 Å². The van der Waals surface area contributed by atoms with Crippen LogP contribution >= 0.6 is 7.82 Å². The summed E-state index contributed by atoms with van der Waals surface area (Å²) in [5.74, 6) is -0.142. The molecule has 3 unspecified atom stereocenters. The average molecular weight is 997 g/mol. The number of unbranched alkanes of at least 4 members (excludes halogenated alkanes) is 39. The zero-order valence-corrected chi connectivity index (χ0v) is 47.7. The molecule has 0 saturated carbocycles. The quantitative estimate of drug-likeness (QED) is 0.0243. The summed E-state index contributed by atoms with van der Waals surface area (Å²) in [5, 5.41) is 14.1. The minimum atomic E-state index is -4.32. The van der Waals surface area contributed by atoms with E-state index in [1.165, 1.54) is 231 Å². The molecule has 0 aliphatic carbocycles. The maximum absolute atomic E-state index is 13.0. The van der Waals surface area contributed by atoms with Crippen LogP contribution in [0.2, 0.25) is 0 Å². The van der Waals surface area contributed by atoms with E-state index in [-0.39, 0.29) is 19.1 Å². The van der Waals surface area contributed by atoms with Gasteiger partial charge in [0.2, 0.25) is 5.91 Å². The summed E-state index contributed by atoms with van der Waals surface area (Å²) in [6.07, 6.45) is 65.2. The smallest absolute Gasteiger partial charge is 0.391 e. The summed E-state index contributed by atoms with van der Waals surface area (Å²) < 4.78 is 23.8. The Bertz CT molecular complexity index is 1170. The third-order valence-electron chi connectivity index (χ3n) is 14.0. The lowest BCUT2D eigenvalue weighted by Crippen LogP contribution is -2.46. The highest BCUT2D eigenvalue weighted by Crippen LogP contribution is 2.43. The molecule has 410 valence electrons. The van der Waals surface area contributed by atoms with Gasteiger partial charge in [-0.1, -0.05) is 276 Å². The Morgan fingerprint density at radius 1 is 0.493 bits per heavy atom. The lowest BCUT2D eigenvalue weighted by atomic mass is 10.0. The molecule has 0 aromatic carbocycles. The molecule has 0 fully saturated rings. The van der Waals surface area contributed by atoms with E-state index < -0.39 is 20.0 Å². The van der Waals surface area contributed by atoms with E-state index in [0.717, 1.165) is 44.9 Å². The van der Waals surface area contributed by atoms with Crippen molar-refractivity contribution < 1.29 is 32.9 Å². The molecule has 0 bridgehead atoms. The number of phosphoric ester groups is 1. The second-order valence-electron chi connectivity index (χ2n) is 22.1. The van der Waals surface area contributed by atoms with E-state index in [1.54, 1.807) is 0 Å². The second-order valence-corrected chi connectivity index (χ2v) is 23.5. The third kappa shape index (κ3) is 54.6. The van der Waals surface area contributed by atoms with E-state index in [1.807, 2.05) is 21.1 Å². The van der Waals surface area contributed by atoms with E-state index in [0.29, 0.717) is 23.9 Å². The largest absolute Gasteiger partial charge is 0.472 e. The van der Waals surface area contributed by atoms with E-state index in [2.05, 4.69) is 43.5 Å². The number of allylic oxidation sites excluding steroid dienone is 4. The molecule has 0 aliphatic rings. The summed E-state index contributed by atoms with van der Waals surface area (Å²) in [7, 11) is 1.63. The van der Waals surface area contributed by atoms with Gasteiger partial charge in [0.05, 0.1) is 39.9 Å². The highest BCUT2D eigenvalue weighted by Gasteiger charge is 2.28. The normalized spacial score (nSPS) is 14.0. The van der Waals surface area contributed by atoms with Crippen molar-refractivity contribution in [2.45, 2.75) is 315 Å². The van der Waals surface area contributed by atoms with Gasteiger partial charge in [-0.05, 0) is 44.9 Å². The summed E-state index contributed by atoms with van der Waals surface area (Å²) in [4.78, 5) is 23.4. The standard InChI is InChI=1S/C60H119N2O6P/c1-6-8-10-12-14-16-18-20-22-24-26-28-29-30-31-32-33-34-36-38-40-42-44-46-48-50-52-54-60(64)61-58(57-68-69(65,66)67-56-55-62(3,4)5)59(63)53-51-49-47-45-43-41-39-37-35-27-25-23-21-19-17-15-13-11-9-7-2/h26,28,30-31,58-59,63H,6-25,27,29,32-57H2,1-5H3,(H-,61,64,65,66)/p+1/b28-26-,31-30-. The van der Waals surface area contributed by atoms with Gasteiger partial charge in [-0.15, -0.1) is 0 Å². The van der Waals surface area contributed by atoms with Crippen LogP contribution in [0, 0.1) is 0 Å². The number of nitrogens with zero attached hydrogens (tertiary/aromatic N) is 1. The number of hydrogen-bond acceptors (Lipinski definition) is 5. The summed E-state index contributed by atoms with van der Waals surface area (Å²) in [6.45, 7) is 4.93. The Morgan fingerprint density at radius 2 is 0.826 bits per heavy atom. The number of amides is 1. The van der Waals surface area contributed by atoms with Crippen LogP contribution in [0.3, 0.4) is 0 Å². The number of carbonyl (C=O) groups excluding carboxylic acids is 1. The molecule has 0 heterocycles. The fourth-order valence-corrected chi connectivity index (χ4v) is 9.93. The Hall–Kier alpha value is -1.02. The number of likely N-dealkylation sites (N-methyl/N-ethyl adjacent to an activating group) is 1. The van der Waals surface area contributed by atoms with Gasteiger partial charge in [-0.3, -0.25) is 13.8 Å². The SMILES string of the molecule is CCCCCCCCCCC/C=C\C/C=C\CCCCCCCCCCCCCC(=O)NC(COP(=O)(O)OCC[N+](C)(C)C)C(O)CCCCCCCCCCCCCCCCCCCCCC. The van der Waals surface area contributed by atoms with Crippen LogP contribution in [0.25, 0.3) is 0 Å². The Morgan fingerprint density at radius 3 is 1.19 bits per heavy atom. The molecule has 0 radical (unpaired) electrons. The van der Waals surface area contributed by atoms with Crippen molar-refractivity contribution >= 4 is 13.7 Å². The van der Waals surface area contributed by atoms with E-state index in [9.17, 15) is 19.4 Å². The zero-order valence-electron chi connectivity index (χ0n) is 46.8. The van der Waals surface area contributed by atoms with Crippen molar-refractivity contribution in [3.8, 4) is 0 Å². The first kappa shape index (κ1) is 68.0. The van der Waals surface area contributed by atoms with Crippen LogP contribution in [-0.2, 0) is 18.4 Å². The van der Waals surface area contributed by atoms with Crippen molar-refractivity contribution in [1.82, 2.24) is 5.32 Å². The summed E-state index contributed by atoms with van der Waals surface area (Å²) in [5.41, 5.74) is 0. The number of hydrogen-bond donors (Lipinski definition) is 3. The molecular formula is C60H120N2O6P+. The van der Waals surface area contributed by atoms with Gasteiger partial charge >= 0.3 is 7.82 Å². The second kappa shape index (κ2) is 51.9. The fourth-order valence-electron chi connectivity index (χ4n) is 9.20. The molecule has 0 saturated heterocycles. The lowest BCUT2D eigenvalue weighted by molar-refractivity contribution is -0.870. The maximum Gasteiger partial charge on any atom is 0.472 e. The monoisotopic (exact) mass is 996 g/mol. The van der Waals surface area contributed by atoms with Crippen LogP contribution in [0.1, 0.15) is 303 Å². The predicted octanol–water partition coefficient (Wildman–Crippen LogP) is 18.4. The van der Waals surface area contributed by atoms with Crippen molar-refractivity contribution in [3.63, 3.8) is 0 Å². The topological polar surface area (TPSA) is 105 Å². The molecule has 3 N–H and O–H groups in total. The summed E-state index contributed by atoms with van der Waals surface area (Å²) in [6, 6.07) is -0.761. The van der Waals surface area contributed by atoms with Crippen LogP contribution in [-0.4, -0.2) is 73.4 Å². The van der Waals surface area contributed by atoms with Crippen LogP contribution in [0.4, 0.5) is 0 Å². The number of aliphatic hydroxyl groups excluding tert-OH is 1. The number of rotatable bonds is 56. The van der Waals surface area contributed by atoms with Gasteiger partial charge < -0.3 is 19.8 Å². The number of quaternary nitrogens is 1. The third-order valence-corrected chi connectivity index (χ3v) is 14.9. The van der Waals surface area contributed by atoms with Crippen molar-refractivity contribution in [3.05, 3.63) is 24.3 Å². The average Bonchev–Trinajstić information content (AvgIpc) is 3.31. The molecule has 3 atom stereocenters. The summed E-state index contributed by atoms with van der Waals surface area (Å²) >= 11 is 0. The van der Waals surface area contributed by atoms with Crippen molar-refractivity contribution in [2.24, 2.45) is 0 Å². The number of aliphatic hydroxyl groups is 1. The minimum Gasteiger partial charge on any atom is -0.391 e. The first-order chi connectivity index (χ1) is 33.5. The predicted molar refractivity (Wildman–Crippen MR) is 300 cm³/mol. The molecule has 0 aromatic heterocycles. The Kier molecular flexibility index (Phi) is 51.1. The molecule has 0 aromatic rings. The molecular weight excluding hydrogens is 876 g/mol. The van der Waals surface area contributed by atoms with Crippen LogP contribution in [0.5, 0.6) is 0 Å². The molecule has 9 heteroatoms. The molecule has 0 spiro atoms. The van der Waals surface area contributed by atoms with Gasteiger partial charge in [0.1, 0.15) is 13.2 Å². The first-order valence-electron chi connectivity index (χ1n) is 30.2. The Balaban J connectivity index is 4.12. The van der Waals surface area contributed by atoms with Gasteiger partial charge in [-0.25, -0.2) is 4.57 Å². The fraction of sp³-hybridized carbons (Fsp3) is 0.917. The highest BCUT2D eigenvalue weighted by molar-refractivity contribution is 7.47. The van der Waals surface area contributed by atoms with Gasteiger partial charge in [-0.2, -0.15) is 0 Å². The Labute approximate surface area is 430 Å². The lowest BCUT2D eigenvalue weighted by Gasteiger charge is -2.26. The zero-order chi connectivity index (χ0) is 50.6. The van der Waals surface area contributed by atoms with Crippen molar-refractivity contribution in [2.75, 3.05) is 40.9 Å². The van der Waals surface area contributed by atoms with Gasteiger partial charge in [0.25, 0.3) is 0 Å². The van der Waals surface area contributed by atoms with Crippen LogP contribution in [0.15, 0.2) is 24.3 Å². The molecule has 8 nitrogen and oxygen atoms in total. The van der Waals surface area contributed by atoms with E-state index in [4.69, 9.17) is 9.05 Å². The number of phosphoric acid groups is 1. The molecule has 0 aliphatic heterocycles. The molecule has 0 rings (SSSR count). The highest BCUT2D eigenvalue weighted by atomic mass is 31.2. The molecule has 1 amide bonds. The van der Waals surface area contributed by atoms with Crippen LogP contribution < -0.4 is 5.32 Å². The number of nitrogens with one attached hydrogen (secondary N) is 1. The van der Waals surface area contributed by atoms with Gasteiger partial charge in [0, 0.05) is 6.42 Å². The van der Waals surface area contributed by atoms with Crippen molar-refractivity contribution in [1.29, 1.82) is 0 Å². The molecule has 69 heavy (non-hydrogen) atoms.